The zero-order valence-corrected chi connectivity index (χ0v) is 13.8. The van der Waals surface area contributed by atoms with E-state index >= 15 is 0 Å². The molecule has 0 saturated carbocycles. The average Bonchev–Trinajstić information content (AvgIpc) is 2.95. The quantitative estimate of drug-likeness (QED) is 0.932. The third-order valence-corrected chi connectivity index (χ3v) is 5.23. The summed E-state index contributed by atoms with van der Waals surface area (Å²) in [4.78, 5) is 17.5. The van der Waals surface area contributed by atoms with Crippen LogP contribution in [0.15, 0.2) is 29.8 Å². The second kappa shape index (κ2) is 6.36. The third-order valence-electron chi connectivity index (χ3n) is 4.05. The van der Waals surface area contributed by atoms with E-state index in [0.29, 0.717) is 23.1 Å². The van der Waals surface area contributed by atoms with E-state index in [-0.39, 0.29) is 5.91 Å². The lowest BCUT2D eigenvalue weighted by Crippen LogP contribution is -2.49. The van der Waals surface area contributed by atoms with Crippen molar-refractivity contribution >= 4 is 28.8 Å². The van der Waals surface area contributed by atoms with Crippen molar-refractivity contribution in [2.24, 2.45) is 0 Å². The van der Waals surface area contributed by atoms with Crippen molar-refractivity contribution < 1.29 is 9.53 Å². The fourth-order valence-corrected chi connectivity index (χ4v) is 3.59. The number of aromatic nitrogens is 1. The fourth-order valence-electron chi connectivity index (χ4n) is 2.77. The van der Waals surface area contributed by atoms with Crippen LogP contribution in [0.4, 0.5) is 0 Å². The topological polar surface area (TPSA) is 51.2 Å². The number of rotatable bonds is 3. The lowest BCUT2D eigenvalue weighted by Gasteiger charge is -2.38. The Morgan fingerprint density at radius 2 is 2.00 bits per heavy atom. The highest BCUT2D eigenvalue weighted by molar-refractivity contribution is 7.11. The van der Waals surface area contributed by atoms with Crippen molar-refractivity contribution in [2.45, 2.75) is 25.3 Å². The maximum atomic E-state index is 12.6. The van der Waals surface area contributed by atoms with Gasteiger partial charge in [-0.05, 0) is 37.5 Å². The number of ether oxygens (including phenoxy) is 1. The van der Waals surface area contributed by atoms with Gasteiger partial charge in [0.25, 0.3) is 5.91 Å². The molecular weight excluding hydrogens is 320 g/mol. The zero-order chi connectivity index (χ0) is 15.6. The van der Waals surface area contributed by atoms with Gasteiger partial charge in [-0.2, -0.15) is 0 Å². The molecule has 0 spiro atoms. The number of amides is 1. The molecular formula is C16H17ClN2O2S. The molecule has 2 aromatic rings. The van der Waals surface area contributed by atoms with Crippen LogP contribution in [0.5, 0.6) is 0 Å². The highest BCUT2D eigenvalue weighted by Crippen LogP contribution is 2.33. The average molecular weight is 337 g/mol. The van der Waals surface area contributed by atoms with Gasteiger partial charge in [0.2, 0.25) is 0 Å². The lowest BCUT2D eigenvalue weighted by molar-refractivity contribution is 0.0346. The molecule has 116 valence electrons. The number of hydrogen-bond donors (Lipinski definition) is 1. The Kier molecular flexibility index (Phi) is 4.47. The fraction of sp³-hybridized carbons (Fsp3) is 0.375. The van der Waals surface area contributed by atoms with Gasteiger partial charge in [-0.15, -0.1) is 11.3 Å². The maximum absolute atomic E-state index is 12.6. The van der Waals surface area contributed by atoms with Gasteiger partial charge in [-0.1, -0.05) is 23.7 Å². The summed E-state index contributed by atoms with van der Waals surface area (Å²) in [6.45, 7) is 3.11. The monoisotopic (exact) mass is 336 g/mol. The van der Waals surface area contributed by atoms with Crippen molar-refractivity contribution in [1.82, 2.24) is 10.3 Å². The van der Waals surface area contributed by atoms with Crippen LogP contribution in [0.3, 0.4) is 0 Å². The van der Waals surface area contributed by atoms with Crippen LogP contribution < -0.4 is 5.32 Å². The molecule has 0 radical (unpaired) electrons. The van der Waals surface area contributed by atoms with E-state index in [2.05, 4.69) is 10.3 Å². The number of carbonyl (C=O) groups is 1. The van der Waals surface area contributed by atoms with E-state index in [4.69, 9.17) is 16.3 Å². The summed E-state index contributed by atoms with van der Waals surface area (Å²) < 4.78 is 5.48. The van der Waals surface area contributed by atoms with Crippen molar-refractivity contribution in [3.8, 4) is 0 Å². The standard InChI is InChI=1S/C16H17ClN2O2S/c1-11-14(22-10-18-11)15(20)19-16(6-8-21-9-7-16)12-2-4-13(17)5-3-12/h2-5,10H,6-9H2,1H3,(H,19,20). The molecule has 0 bridgehead atoms. The number of carbonyl (C=O) groups excluding carboxylic acids is 1. The van der Waals surface area contributed by atoms with Crippen LogP contribution in [-0.4, -0.2) is 24.1 Å². The third kappa shape index (κ3) is 3.02. The summed E-state index contributed by atoms with van der Waals surface area (Å²) in [7, 11) is 0. The van der Waals surface area contributed by atoms with E-state index in [9.17, 15) is 4.79 Å². The molecule has 2 heterocycles. The van der Waals surface area contributed by atoms with Gasteiger partial charge in [0.1, 0.15) is 4.88 Å². The second-order valence-electron chi connectivity index (χ2n) is 5.42. The number of thiazole rings is 1. The van der Waals surface area contributed by atoms with Gasteiger partial charge in [-0.3, -0.25) is 4.79 Å². The molecule has 1 amide bonds. The summed E-state index contributed by atoms with van der Waals surface area (Å²) >= 11 is 7.35. The van der Waals surface area contributed by atoms with Crippen LogP contribution in [0.1, 0.15) is 33.8 Å². The molecule has 6 heteroatoms. The molecule has 1 aliphatic heterocycles. The summed E-state index contributed by atoms with van der Waals surface area (Å²) in [5, 5.41) is 3.91. The first kappa shape index (κ1) is 15.5. The summed E-state index contributed by atoms with van der Waals surface area (Å²) in [5.74, 6) is -0.0724. The van der Waals surface area contributed by atoms with E-state index in [0.717, 1.165) is 24.1 Å². The normalized spacial score (nSPS) is 17.2. The van der Waals surface area contributed by atoms with E-state index in [1.807, 2.05) is 31.2 Å². The molecule has 22 heavy (non-hydrogen) atoms. The Bertz CT molecular complexity index is 663. The molecule has 1 aromatic heterocycles. The Hall–Kier alpha value is -1.43. The molecule has 1 saturated heterocycles. The highest BCUT2D eigenvalue weighted by Gasteiger charge is 2.36. The Morgan fingerprint density at radius 1 is 1.32 bits per heavy atom. The molecule has 0 aliphatic carbocycles. The van der Waals surface area contributed by atoms with E-state index in [1.54, 1.807) is 5.51 Å². The van der Waals surface area contributed by atoms with Crippen molar-refractivity contribution in [2.75, 3.05) is 13.2 Å². The highest BCUT2D eigenvalue weighted by atomic mass is 35.5. The second-order valence-corrected chi connectivity index (χ2v) is 6.71. The Morgan fingerprint density at radius 3 is 2.59 bits per heavy atom. The molecule has 0 atom stereocenters. The number of aryl methyl sites for hydroxylation is 1. The number of nitrogens with one attached hydrogen (secondary N) is 1. The minimum atomic E-state index is -0.406. The largest absolute Gasteiger partial charge is 0.381 e. The summed E-state index contributed by atoms with van der Waals surface area (Å²) in [6, 6.07) is 7.68. The molecule has 1 aromatic carbocycles. The first-order valence-corrected chi connectivity index (χ1v) is 8.43. The number of hydrogen-bond acceptors (Lipinski definition) is 4. The maximum Gasteiger partial charge on any atom is 0.263 e. The van der Waals surface area contributed by atoms with Gasteiger partial charge >= 0.3 is 0 Å². The first-order valence-electron chi connectivity index (χ1n) is 7.17. The lowest BCUT2D eigenvalue weighted by atomic mass is 9.82. The summed E-state index contributed by atoms with van der Waals surface area (Å²) in [6.07, 6.45) is 1.50. The van der Waals surface area contributed by atoms with Crippen LogP contribution >= 0.6 is 22.9 Å². The Labute approximate surface area is 138 Å². The predicted octanol–water partition coefficient (Wildman–Crippen LogP) is 3.54. The van der Waals surface area contributed by atoms with Crippen LogP contribution in [-0.2, 0) is 10.3 Å². The van der Waals surface area contributed by atoms with Crippen LogP contribution in [0.25, 0.3) is 0 Å². The van der Waals surface area contributed by atoms with Gasteiger partial charge in [0.05, 0.1) is 16.7 Å². The van der Waals surface area contributed by atoms with Crippen LogP contribution in [0.2, 0.25) is 5.02 Å². The Balaban J connectivity index is 1.91. The van der Waals surface area contributed by atoms with Crippen LogP contribution in [0, 0.1) is 6.92 Å². The SMILES string of the molecule is Cc1ncsc1C(=O)NC1(c2ccc(Cl)cc2)CCOCC1. The van der Waals surface area contributed by atoms with E-state index in [1.165, 1.54) is 11.3 Å². The number of halogens is 1. The molecule has 1 aliphatic rings. The van der Waals surface area contributed by atoms with Gasteiger partial charge in [0.15, 0.2) is 0 Å². The van der Waals surface area contributed by atoms with Gasteiger partial charge in [0, 0.05) is 18.2 Å². The van der Waals surface area contributed by atoms with Crippen molar-refractivity contribution in [1.29, 1.82) is 0 Å². The molecule has 1 fully saturated rings. The molecule has 1 N–H and O–H groups in total. The minimum absolute atomic E-state index is 0.0724. The van der Waals surface area contributed by atoms with Crippen molar-refractivity contribution in [3.05, 3.63) is 50.9 Å². The smallest absolute Gasteiger partial charge is 0.263 e. The zero-order valence-electron chi connectivity index (χ0n) is 12.3. The number of nitrogens with zero attached hydrogens (tertiary/aromatic N) is 1. The minimum Gasteiger partial charge on any atom is -0.381 e. The first-order chi connectivity index (χ1) is 10.6. The molecule has 4 nitrogen and oxygen atoms in total. The summed E-state index contributed by atoms with van der Waals surface area (Å²) in [5.41, 5.74) is 3.12. The predicted molar refractivity (Wildman–Crippen MR) is 87.5 cm³/mol. The molecule has 0 unspecified atom stereocenters. The molecule has 3 rings (SSSR count). The van der Waals surface area contributed by atoms with Gasteiger partial charge < -0.3 is 10.1 Å². The van der Waals surface area contributed by atoms with Crippen molar-refractivity contribution in [3.63, 3.8) is 0 Å². The number of benzene rings is 1. The van der Waals surface area contributed by atoms with Gasteiger partial charge in [-0.25, -0.2) is 4.98 Å². The van der Waals surface area contributed by atoms with E-state index < -0.39 is 5.54 Å².